The Balaban J connectivity index is 0.000000558. The van der Waals surface area contributed by atoms with Gasteiger partial charge in [0.05, 0.1) is 6.33 Å². The third-order valence-electron chi connectivity index (χ3n) is 3.63. The van der Waals surface area contributed by atoms with Crippen LogP contribution in [0.4, 0.5) is 5.69 Å². The molecule has 30 heavy (non-hydrogen) atoms. The van der Waals surface area contributed by atoms with Crippen molar-refractivity contribution in [3.63, 3.8) is 0 Å². The number of nitrogens with one attached hydrogen (secondary N) is 3. The molecule has 0 aliphatic rings. The van der Waals surface area contributed by atoms with Gasteiger partial charge >= 0.3 is 5.97 Å². The molecule has 2 heterocycles. The third kappa shape index (κ3) is 6.41. The van der Waals surface area contributed by atoms with Crippen LogP contribution < -0.4 is 10.6 Å². The first-order valence-electron chi connectivity index (χ1n) is 8.68. The quantitative estimate of drug-likeness (QED) is 0.419. The van der Waals surface area contributed by atoms with Gasteiger partial charge in [-0.1, -0.05) is 0 Å². The molecule has 0 bridgehead atoms. The number of nitrogens with zero attached hydrogens (tertiary/aromatic N) is 3. The lowest BCUT2D eigenvalue weighted by molar-refractivity contribution is -0.124. The Kier molecular flexibility index (Phi) is 7.57. The minimum Gasteiger partial charge on any atom is -0.493 e. The first kappa shape index (κ1) is 22.0. The fourth-order valence-electron chi connectivity index (χ4n) is 2.20. The van der Waals surface area contributed by atoms with Crippen LogP contribution in [-0.4, -0.2) is 54.0 Å². The van der Waals surface area contributed by atoms with Gasteiger partial charge in [-0.2, -0.15) is 4.98 Å². The molecular formula is C19H20N6O5. The number of aromatic hydroxyl groups is 1. The van der Waals surface area contributed by atoms with Gasteiger partial charge in [0.25, 0.3) is 0 Å². The lowest BCUT2D eigenvalue weighted by Crippen LogP contribution is -2.40. The molecule has 2 amide bonds. The number of H-pyrrole nitrogens is 1. The van der Waals surface area contributed by atoms with Crippen molar-refractivity contribution < 1.29 is 24.6 Å². The SMILES string of the molecule is CC(=O)NC(C)C(=O)Nc1ccc(-c2ncc(C(=O)O)c(O)n2)cc1.c1c[nH]cn1. The molecule has 11 heteroatoms. The average Bonchev–Trinajstić information content (AvgIpc) is 3.27. The summed E-state index contributed by atoms with van der Waals surface area (Å²) >= 11 is 0. The molecule has 0 radical (unpaired) electrons. The highest BCUT2D eigenvalue weighted by atomic mass is 16.4. The van der Waals surface area contributed by atoms with Crippen LogP contribution in [0.15, 0.2) is 49.2 Å². The predicted octanol–water partition coefficient (Wildman–Crippen LogP) is 1.42. The van der Waals surface area contributed by atoms with Gasteiger partial charge in [-0.25, -0.2) is 14.8 Å². The van der Waals surface area contributed by atoms with Crippen LogP contribution in [0.25, 0.3) is 11.4 Å². The molecule has 0 aliphatic heterocycles. The Morgan fingerprint density at radius 2 is 1.87 bits per heavy atom. The van der Waals surface area contributed by atoms with Crippen molar-refractivity contribution in [2.45, 2.75) is 19.9 Å². The maximum absolute atomic E-state index is 11.9. The molecule has 3 rings (SSSR count). The van der Waals surface area contributed by atoms with E-state index < -0.39 is 17.9 Å². The first-order chi connectivity index (χ1) is 14.3. The van der Waals surface area contributed by atoms with E-state index in [0.29, 0.717) is 11.3 Å². The second-order valence-electron chi connectivity index (χ2n) is 5.99. The number of carboxylic acids is 1. The number of carboxylic acid groups (broad SMARTS) is 1. The van der Waals surface area contributed by atoms with Crippen LogP contribution in [0.3, 0.4) is 0 Å². The fourth-order valence-corrected chi connectivity index (χ4v) is 2.20. The van der Waals surface area contributed by atoms with Crippen LogP contribution in [-0.2, 0) is 9.59 Å². The fraction of sp³-hybridized carbons (Fsp3) is 0.158. The number of aromatic amines is 1. The van der Waals surface area contributed by atoms with Crippen LogP contribution in [0.2, 0.25) is 0 Å². The Hall–Kier alpha value is -4.28. The van der Waals surface area contributed by atoms with Crippen molar-refractivity contribution in [1.82, 2.24) is 25.3 Å². The molecule has 0 saturated carbocycles. The van der Waals surface area contributed by atoms with Crippen molar-refractivity contribution in [3.05, 3.63) is 54.7 Å². The van der Waals surface area contributed by atoms with Gasteiger partial charge in [-0.3, -0.25) is 9.59 Å². The van der Waals surface area contributed by atoms with Crippen molar-refractivity contribution in [3.8, 4) is 17.3 Å². The second kappa shape index (κ2) is 10.3. The zero-order valence-corrected chi connectivity index (χ0v) is 16.2. The van der Waals surface area contributed by atoms with E-state index in [9.17, 15) is 19.5 Å². The van der Waals surface area contributed by atoms with Crippen LogP contribution in [0, 0.1) is 0 Å². The summed E-state index contributed by atoms with van der Waals surface area (Å²) in [4.78, 5) is 47.7. The number of amides is 2. The number of aromatic nitrogens is 4. The van der Waals surface area contributed by atoms with E-state index in [4.69, 9.17) is 5.11 Å². The van der Waals surface area contributed by atoms with Gasteiger partial charge in [0, 0.05) is 36.8 Å². The summed E-state index contributed by atoms with van der Waals surface area (Å²) in [7, 11) is 0. The molecule has 156 valence electrons. The van der Waals surface area contributed by atoms with Crippen molar-refractivity contribution in [1.29, 1.82) is 0 Å². The van der Waals surface area contributed by atoms with Gasteiger partial charge in [0.1, 0.15) is 11.6 Å². The molecule has 1 atom stereocenters. The number of hydrogen-bond donors (Lipinski definition) is 5. The Labute approximate surface area is 171 Å². The highest BCUT2D eigenvalue weighted by Crippen LogP contribution is 2.21. The smallest absolute Gasteiger partial charge is 0.342 e. The van der Waals surface area contributed by atoms with Crippen LogP contribution >= 0.6 is 0 Å². The maximum atomic E-state index is 11.9. The summed E-state index contributed by atoms with van der Waals surface area (Å²) < 4.78 is 0. The molecule has 0 spiro atoms. The van der Waals surface area contributed by atoms with E-state index in [2.05, 4.69) is 30.6 Å². The highest BCUT2D eigenvalue weighted by Gasteiger charge is 2.15. The number of imidazole rings is 1. The largest absolute Gasteiger partial charge is 0.493 e. The normalized spacial score (nSPS) is 10.9. The van der Waals surface area contributed by atoms with Crippen molar-refractivity contribution in [2.75, 3.05) is 5.32 Å². The lowest BCUT2D eigenvalue weighted by atomic mass is 10.2. The number of benzene rings is 1. The second-order valence-corrected chi connectivity index (χ2v) is 5.99. The van der Waals surface area contributed by atoms with E-state index in [1.807, 2.05) is 0 Å². The monoisotopic (exact) mass is 412 g/mol. The predicted molar refractivity (Wildman–Crippen MR) is 107 cm³/mol. The van der Waals surface area contributed by atoms with E-state index in [0.717, 1.165) is 6.20 Å². The van der Waals surface area contributed by atoms with E-state index >= 15 is 0 Å². The van der Waals surface area contributed by atoms with Gasteiger partial charge in [0.2, 0.25) is 17.7 Å². The molecule has 2 aromatic heterocycles. The Morgan fingerprint density at radius 3 is 2.33 bits per heavy atom. The highest BCUT2D eigenvalue weighted by molar-refractivity contribution is 5.96. The van der Waals surface area contributed by atoms with Crippen LogP contribution in [0.1, 0.15) is 24.2 Å². The summed E-state index contributed by atoms with van der Waals surface area (Å²) in [6, 6.07) is 5.72. The average molecular weight is 412 g/mol. The Morgan fingerprint density at radius 1 is 1.17 bits per heavy atom. The lowest BCUT2D eigenvalue weighted by Gasteiger charge is -2.13. The van der Waals surface area contributed by atoms with Crippen molar-refractivity contribution >= 4 is 23.5 Å². The minimum absolute atomic E-state index is 0.145. The summed E-state index contributed by atoms with van der Waals surface area (Å²) in [5.41, 5.74) is 0.636. The maximum Gasteiger partial charge on any atom is 0.342 e. The first-order valence-corrected chi connectivity index (χ1v) is 8.68. The summed E-state index contributed by atoms with van der Waals surface area (Å²) in [5.74, 6) is -2.48. The summed E-state index contributed by atoms with van der Waals surface area (Å²) in [6.45, 7) is 2.88. The van der Waals surface area contributed by atoms with E-state index in [1.54, 1.807) is 49.9 Å². The molecule has 1 unspecified atom stereocenters. The number of aromatic carboxylic acids is 1. The number of hydrogen-bond acceptors (Lipinski definition) is 7. The van der Waals surface area contributed by atoms with Gasteiger partial charge in [0.15, 0.2) is 5.82 Å². The number of carbonyl (C=O) groups is 3. The summed E-state index contributed by atoms with van der Waals surface area (Å²) in [5, 5.41) is 23.6. The van der Waals surface area contributed by atoms with Crippen LogP contribution in [0.5, 0.6) is 5.88 Å². The molecule has 11 nitrogen and oxygen atoms in total. The zero-order chi connectivity index (χ0) is 22.1. The standard InChI is InChI=1S/C16H16N4O5.C3H4N2/c1-8(18-9(2)21)14(22)19-11-5-3-10(4-6-11)13-17-7-12(16(24)25)15(23)20-13;1-2-5-3-4-1/h3-8H,1-2H3,(H,18,21)(H,19,22)(H,24,25)(H,17,20,23);1-3H,(H,4,5). The molecule has 3 aromatic rings. The number of carbonyl (C=O) groups excluding carboxylic acids is 2. The topological polar surface area (TPSA) is 170 Å². The van der Waals surface area contributed by atoms with E-state index in [-0.39, 0.29) is 23.2 Å². The molecule has 0 saturated heterocycles. The molecular weight excluding hydrogens is 392 g/mol. The van der Waals surface area contributed by atoms with Gasteiger partial charge in [-0.05, 0) is 31.2 Å². The number of anilines is 1. The Bertz CT molecular complexity index is 988. The minimum atomic E-state index is -1.32. The van der Waals surface area contributed by atoms with E-state index in [1.165, 1.54) is 6.92 Å². The summed E-state index contributed by atoms with van der Waals surface area (Å²) in [6.07, 6.45) is 6.10. The van der Waals surface area contributed by atoms with Gasteiger partial charge in [-0.15, -0.1) is 0 Å². The van der Waals surface area contributed by atoms with Crippen molar-refractivity contribution in [2.24, 2.45) is 0 Å². The van der Waals surface area contributed by atoms with Gasteiger partial charge < -0.3 is 25.8 Å². The molecule has 1 aromatic carbocycles. The molecule has 0 aliphatic carbocycles. The number of rotatable bonds is 5. The molecule has 0 fully saturated rings. The third-order valence-corrected chi connectivity index (χ3v) is 3.63. The zero-order valence-electron chi connectivity index (χ0n) is 16.2. The molecule has 5 N–H and O–H groups in total.